The number of carboxylic acids is 1. The van der Waals surface area contributed by atoms with Gasteiger partial charge in [-0.05, 0) is 33.1 Å². The average molecular weight is 214 g/mol. The summed E-state index contributed by atoms with van der Waals surface area (Å²) >= 11 is 0. The van der Waals surface area contributed by atoms with Gasteiger partial charge in [0.15, 0.2) is 0 Å². The molecule has 3 heteroatoms. The zero-order valence-electron chi connectivity index (χ0n) is 9.75. The van der Waals surface area contributed by atoms with Gasteiger partial charge in [0.1, 0.15) is 0 Å². The van der Waals surface area contributed by atoms with Crippen LogP contribution in [0.15, 0.2) is 0 Å². The van der Waals surface area contributed by atoms with Gasteiger partial charge >= 0.3 is 5.97 Å². The number of aliphatic hydroxyl groups is 1. The number of hydrogen-bond acceptors (Lipinski definition) is 2. The van der Waals surface area contributed by atoms with Gasteiger partial charge in [0.2, 0.25) is 0 Å². The molecule has 0 aromatic rings. The fourth-order valence-electron chi connectivity index (χ4n) is 2.70. The minimum Gasteiger partial charge on any atom is -0.481 e. The molecule has 0 saturated heterocycles. The third-order valence-electron chi connectivity index (χ3n) is 3.29. The summed E-state index contributed by atoms with van der Waals surface area (Å²) in [6.45, 7) is 3.39. The van der Waals surface area contributed by atoms with Gasteiger partial charge in [-0.15, -0.1) is 0 Å². The molecule has 0 spiro atoms. The predicted octanol–water partition coefficient (Wildman–Crippen LogP) is 2.57. The molecule has 1 saturated carbocycles. The summed E-state index contributed by atoms with van der Waals surface area (Å²) in [6, 6.07) is 0. The molecule has 1 fully saturated rings. The molecule has 0 heterocycles. The third-order valence-corrected chi connectivity index (χ3v) is 3.29. The van der Waals surface area contributed by atoms with Crippen molar-refractivity contribution in [1.82, 2.24) is 0 Å². The molecule has 0 aromatic carbocycles. The van der Waals surface area contributed by atoms with Crippen molar-refractivity contribution >= 4 is 5.97 Å². The van der Waals surface area contributed by atoms with E-state index >= 15 is 0 Å². The standard InChI is InChI=1S/C12H22O3/c1-11(2,15)9-12(10(13)14)7-5-3-4-6-8-12/h15H,3-9H2,1-2H3,(H,13,14). The van der Waals surface area contributed by atoms with E-state index in [2.05, 4.69) is 0 Å². The lowest BCUT2D eigenvalue weighted by Crippen LogP contribution is -2.38. The third kappa shape index (κ3) is 3.49. The number of hydrogen-bond donors (Lipinski definition) is 2. The molecule has 2 N–H and O–H groups in total. The Morgan fingerprint density at radius 3 is 2.00 bits per heavy atom. The lowest BCUT2D eigenvalue weighted by atomic mass is 9.73. The highest BCUT2D eigenvalue weighted by atomic mass is 16.4. The maximum Gasteiger partial charge on any atom is 0.309 e. The van der Waals surface area contributed by atoms with Crippen LogP contribution in [0.25, 0.3) is 0 Å². The number of carbonyl (C=O) groups is 1. The van der Waals surface area contributed by atoms with E-state index in [-0.39, 0.29) is 0 Å². The second-order valence-electron chi connectivity index (χ2n) is 5.49. The molecule has 15 heavy (non-hydrogen) atoms. The molecule has 3 nitrogen and oxygen atoms in total. The fourth-order valence-corrected chi connectivity index (χ4v) is 2.70. The highest BCUT2D eigenvalue weighted by Crippen LogP contribution is 2.41. The van der Waals surface area contributed by atoms with Gasteiger partial charge in [-0.2, -0.15) is 0 Å². The Morgan fingerprint density at radius 2 is 1.67 bits per heavy atom. The monoisotopic (exact) mass is 214 g/mol. The maximum atomic E-state index is 11.4. The zero-order valence-corrected chi connectivity index (χ0v) is 9.75. The van der Waals surface area contributed by atoms with Crippen molar-refractivity contribution < 1.29 is 15.0 Å². The van der Waals surface area contributed by atoms with Crippen LogP contribution in [0, 0.1) is 5.41 Å². The molecule has 1 rings (SSSR count). The first-order valence-electron chi connectivity index (χ1n) is 5.82. The minimum atomic E-state index is -0.886. The molecule has 1 aliphatic carbocycles. The molecule has 0 aromatic heterocycles. The molecular weight excluding hydrogens is 192 g/mol. The summed E-state index contributed by atoms with van der Waals surface area (Å²) in [5, 5.41) is 19.2. The predicted molar refractivity (Wildman–Crippen MR) is 58.7 cm³/mol. The van der Waals surface area contributed by atoms with Gasteiger partial charge in [0.05, 0.1) is 11.0 Å². The molecule has 0 amide bonds. The van der Waals surface area contributed by atoms with E-state index in [4.69, 9.17) is 0 Å². The lowest BCUT2D eigenvalue weighted by molar-refractivity contribution is -0.154. The lowest BCUT2D eigenvalue weighted by Gasteiger charge is -2.33. The Labute approximate surface area is 91.5 Å². The number of aliphatic carboxylic acids is 1. The minimum absolute atomic E-state index is 0.370. The summed E-state index contributed by atoms with van der Waals surface area (Å²) < 4.78 is 0. The van der Waals surface area contributed by atoms with Crippen molar-refractivity contribution in [3.63, 3.8) is 0 Å². The van der Waals surface area contributed by atoms with E-state index in [1.165, 1.54) is 0 Å². The van der Waals surface area contributed by atoms with Crippen molar-refractivity contribution in [2.75, 3.05) is 0 Å². The van der Waals surface area contributed by atoms with Crippen LogP contribution >= 0.6 is 0 Å². The van der Waals surface area contributed by atoms with Gasteiger partial charge in [-0.3, -0.25) is 4.79 Å². The van der Waals surface area contributed by atoms with Crippen molar-refractivity contribution in [1.29, 1.82) is 0 Å². The average Bonchev–Trinajstić information content (AvgIpc) is 2.28. The highest BCUT2D eigenvalue weighted by molar-refractivity contribution is 5.74. The van der Waals surface area contributed by atoms with E-state index in [0.717, 1.165) is 25.7 Å². The zero-order chi connectivity index (χ0) is 11.5. The van der Waals surface area contributed by atoms with Crippen molar-refractivity contribution in [3.05, 3.63) is 0 Å². The first kappa shape index (κ1) is 12.5. The van der Waals surface area contributed by atoms with Crippen molar-refractivity contribution in [2.45, 2.75) is 64.4 Å². The smallest absolute Gasteiger partial charge is 0.309 e. The fraction of sp³-hybridized carbons (Fsp3) is 0.917. The van der Waals surface area contributed by atoms with E-state index in [0.29, 0.717) is 19.3 Å². The van der Waals surface area contributed by atoms with Gasteiger partial charge in [0, 0.05) is 0 Å². The van der Waals surface area contributed by atoms with Crippen LogP contribution in [0.5, 0.6) is 0 Å². The van der Waals surface area contributed by atoms with Crippen LogP contribution in [0.1, 0.15) is 58.8 Å². The molecule has 1 aliphatic rings. The molecule has 0 radical (unpaired) electrons. The summed E-state index contributed by atoms with van der Waals surface area (Å²) in [5.74, 6) is -0.730. The van der Waals surface area contributed by atoms with E-state index in [9.17, 15) is 15.0 Å². The largest absolute Gasteiger partial charge is 0.481 e. The molecule has 0 bridgehead atoms. The van der Waals surface area contributed by atoms with Crippen molar-refractivity contribution in [3.8, 4) is 0 Å². The van der Waals surface area contributed by atoms with Crippen LogP contribution in [0.4, 0.5) is 0 Å². The second-order valence-corrected chi connectivity index (χ2v) is 5.49. The molecule has 0 unspecified atom stereocenters. The summed E-state index contributed by atoms with van der Waals surface area (Å²) in [5.41, 5.74) is -1.57. The Kier molecular flexibility index (Phi) is 3.77. The van der Waals surface area contributed by atoms with E-state index < -0.39 is 17.0 Å². The summed E-state index contributed by atoms with van der Waals surface area (Å²) in [7, 11) is 0. The molecule has 88 valence electrons. The van der Waals surface area contributed by atoms with E-state index in [1.807, 2.05) is 0 Å². The van der Waals surface area contributed by atoms with Gasteiger partial charge in [-0.1, -0.05) is 25.7 Å². The Morgan fingerprint density at radius 1 is 1.20 bits per heavy atom. The second kappa shape index (κ2) is 4.52. The van der Waals surface area contributed by atoms with Crippen LogP contribution in [-0.2, 0) is 4.79 Å². The highest BCUT2D eigenvalue weighted by Gasteiger charge is 2.42. The summed E-state index contributed by atoms with van der Waals surface area (Å²) in [6.07, 6.45) is 6.00. The van der Waals surface area contributed by atoms with Crippen LogP contribution in [-0.4, -0.2) is 21.8 Å². The van der Waals surface area contributed by atoms with Crippen molar-refractivity contribution in [2.24, 2.45) is 5.41 Å². The first-order valence-corrected chi connectivity index (χ1v) is 5.82. The number of carboxylic acid groups (broad SMARTS) is 1. The first-order chi connectivity index (χ1) is 6.86. The maximum absolute atomic E-state index is 11.4. The van der Waals surface area contributed by atoms with Crippen LogP contribution in [0.3, 0.4) is 0 Å². The topological polar surface area (TPSA) is 57.5 Å². The van der Waals surface area contributed by atoms with Crippen LogP contribution in [0.2, 0.25) is 0 Å². The van der Waals surface area contributed by atoms with E-state index in [1.54, 1.807) is 13.8 Å². The Hall–Kier alpha value is -0.570. The quantitative estimate of drug-likeness (QED) is 0.710. The Bertz CT molecular complexity index is 220. The summed E-state index contributed by atoms with van der Waals surface area (Å²) in [4.78, 5) is 11.4. The van der Waals surface area contributed by atoms with Crippen LogP contribution < -0.4 is 0 Å². The normalized spacial score (nSPS) is 22.1. The Balaban J connectivity index is 2.81. The molecule has 0 aliphatic heterocycles. The molecule has 0 atom stereocenters. The molecular formula is C12H22O3. The van der Waals surface area contributed by atoms with Gasteiger partial charge < -0.3 is 10.2 Å². The SMILES string of the molecule is CC(C)(O)CC1(C(=O)O)CCCCCC1. The van der Waals surface area contributed by atoms with Gasteiger partial charge in [0.25, 0.3) is 0 Å². The number of rotatable bonds is 3. The van der Waals surface area contributed by atoms with Gasteiger partial charge in [-0.25, -0.2) is 0 Å².